The molecule has 1 spiro atoms. The van der Waals surface area contributed by atoms with Crippen molar-refractivity contribution in [2.75, 3.05) is 7.11 Å². The van der Waals surface area contributed by atoms with Crippen molar-refractivity contribution >= 4 is 17.8 Å². The summed E-state index contributed by atoms with van der Waals surface area (Å²) in [5, 5.41) is 14.9. The van der Waals surface area contributed by atoms with Crippen LogP contribution in [0, 0.1) is 17.8 Å². The highest BCUT2D eigenvalue weighted by Gasteiger charge is 2.72. The second-order valence-corrected chi connectivity index (χ2v) is 12.6. The molecule has 1 amide bonds. The Labute approximate surface area is 240 Å². The maximum atomic E-state index is 13.2. The van der Waals surface area contributed by atoms with Crippen LogP contribution in [0.1, 0.15) is 71.4 Å². The quantitative estimate of drug-likeness (QED) is 0.381. The van der Waals surface area contributed by atoms with Crippen LogP contribution in [0.25, 0.3) is 0 Å². The van der Waals surface area contributed by atoms with Gasteiger partial charge in [0.2, 0.25) is 5.91 Å². The van der Waals surface area contributed by atoms with Gasteiger partial charge in [-0.1, -0.05) is 26.8 Å². The molecule has 0 saturated heterocycles. The first-order chi connectivity index (χ1) is 19.3. The third kappa shape index (κ3) is 4.59. The van der Waals surface area contributed by atoms with Crippen molar-refractivity contribution in [1.29, 1.82) is 0 Å². The van der Waals surface area contributed by atoms with E-state index in [2.05, 4.69) is 18.3 Å². The minimum absolute atomic E-state index is 0.0351. The van der Waals surface area contributed by atoms with Gasteiger partial charge >= 0.3 is 11.9 Å². The summed E-state index contributed by atoms with van der Waals surface area (Å²) in [5.41, 5.74) is 6.15. The van der Waals surface area contributed by atoms with Crippen LogP contribution in [0.15, 0.2) is 24.0 Å². The van der Waals surface area contributed by atoms with Gasteiger partial charge < -0.3 is 35.1 Å². The largest absolute Gasteiger partial charge is 0.493 e. The number of hydrogen-bond donors (Lipinski definition) is 3. The number of methoxy groups -OCH3 is 1. The zero-order chi connectivity index (χ0) is 29.9. The summed E-state index contributed by atoms with van der Waals surface area (Å²) in [6, 6.07) is 2.19. The van der Waals surface area contributed by atoms with E-state index in [9.17, 15) is 19.5 Å². The van der Waals surface area contributed by atoms with E-state index >= 15 is 0 Å². The molecule has 5 rings (SSSR count). The van der Waals surface area contributed by atoms with Crippen molar-refractivity contribution < 1.29 is 38.4 Å². The van der Waals surface area contributed by atoms with Gasteiger partial charge in [-0.25, -0.2) is 9.59 Å². The van der Waals surface area contributed by atoms with Crippen LogP contribution in [-0.4, -0.2) is 60.0 Å². The molecular weight excluding hydrogens is 528 g/mol. The molecule has 0 radical (unpaired) electrons. The van der Waals surface area contributed by atoms with Gasteiger partial charge in [-0.15, -0.1) is 0 Å². The predicted octanol–water partition coefficient (Wildman–Crippen LogP) is 2.67. The van der Waals surface area contributed by atoms with Crippen molar-refractivity contribution in [3.8, 4) is 11.5 Å². The molecule has 1 fully saturated rings. The molecule has 1 aromatic carbocycles. The highest BCUT2D eigenvalue weighted by atomic mass is 16.6. The number of ether oxygens (including phenoxy) is 4. The van der Waals surface area contributed by atoms with Crippen molar-refractivity contribution in [2.24, 2.45) is 23.5 Å². The number of carbonyl (C=O) groups is 3. The predicted molar refractivity (Wildman–Crippen MR) is 149 cm³/mol. The van der Waals surface area contributed by atoms with Crippen molar-refractivity contribution in [3.63, 3.8) is 0 Å². The van der Waals surface area contributed by atoms with Crippen molar-refractivity contribution in [3.05, 3.63) is 35.1 Å². The van der Waals surface area contributed by atoms with E-state index in [1.165, 1.54) is 13.8 Å². The average Bonchev–Trinajstić information content (AvgIpc) is 3.27. The minimum atomic E-state index is -1.25. The van der Waals surface area contributed by atoms with E-state index in [4.69, 9.17) is 24.7 Å². The standard InChI is InChI=1S/C31H42N2O8/c1-15(2)13-21(32)27(34)33-17(4)28(35)39-18(5)29(36)40-23-10-12-31(37)20-14-19-7-8-22(38-6)25-24(19)30(31,26(23)41-25)11-9-16(20)3/h7-8,10,15-18,20-21,26,37H,9,11-14,32H2,1-6H3,(H,33,34)/t16?,17-,18-,20-,21-,26-,30-,31+/m0/s1. The first-order valence-corrected chi connectivity index (χ1v) is 14.6. The van der Waals surface area contributed by atoms with Crippen LogP contribution in [-0.2, 0) is 35.7 Å². The molecule has 224 valence electrons. The molecule has 1 unspecified atom stereocenters. The molecule has 3 aliphatic carbocycles. The molecule has 41 heavy (non-hydrogen) atoms. The third-order valence-electron chi connectivity index (χ3n) is 9.55. The van der Waals surface area contributed by atoms with Gasteiger partial charge in [0.05, 0.1) is 24.2 Å². The SMILES string of the molecule is COc1ccc2c3c1O[C@H]1C(OC(=O)[C@H](C)OC(=O)[C@H](C)NC(=O)[C@@H](N)CC(C)C)=CC[C@@]4(O)[C@@H](C2)C(C)CC[C@]314. The Morgan fingerprint density at radius 2 is 1.93 bits per heavy atom. The summed E-state index contributed by atoms with van der Waals surface area (Å²) in [6.07, 6.45) is 2.88. The smallest absolute Gasteiger partial charge is 0.352 e. The van der Waals surface area contributed by atoms with E-state index in [0.717, 1.165) is 24.0 Å². The number of esters is 2. The maximum absolute atomic E-state index is 13.2. The fourth-order valence-electron chi connectivity index (χ4n) is 7.48. The fraction of sp³-hybridized carbons (Fsp3) is 0.645. The van der Waals surface area contributed by atoms with Gasteiger partial charge in [-0.05, 0) is 81.4 Å². The Bertz CT molecular complexity index is 1280. The number of rotatable bonds is 9. The Hall–Kier alpha value is -3.11. The van der Waals surface area contributed by atoms with Gasteiger partial charge in [-0.2, -0.15) is 0 Å². The molecule has 10 heteroatoms. The molecule has 1 aromatic rings. The van der Waals surface area contributed by atoms with Crippen molar-refractivity contribution in [1.82, 2.24) is 5.32 Å². The van der Waals surface area contributed by atoms with Gasteiger partial charge in [-0.3, -0.25) is 4.79 Å². The Morgan fingerprint density at radius 3 is 2.61 bits per heavy atom. The molecule has 0 aromatic heterocycles. The summed E-state index contributed by atoms with van der Waals surface area (Å²) in [6.45, 7) is 8.98. The number of benzene rings is 1. The normalized spacial score (nSPS) is 31.1. The number of carbonyl (C=O) groups excluding carboxylic acids is 3. The highest BCUT2D eigenvalue weighted by Crippen LogP contribution is 2.68. The first-order valence-electron chi connectivity index (χ1n) is 14.6. The molecule has 4 N–H and O–H groups in total. The number of amides is 1. The minimum Gasteiger partial charge on any atom is -0.493 e. The first kappa shape index (κ1) is 29.4. The van der Waals surface area contributed by atoms with Crippen LogP contribution in [0.5, 0.6) is 11.5 Å². The third-order valence-corrected chi connectivity index (χ3v) is 9.55. The summed E-state index contributed by atoms with van der Waals surface area (Å²) in [5.74, 6) is 0.0242. The summed E-state index contributed by atoms with van der Waals surface area (Å²) < 4.78 is 23.3. The Kier molecular flexibility index (Phi) is 7.61. The summed E-state index contributed by atoms with van der Waals surface area (Å²) in [7, 11) is 1.58. The molecule has 1 aliphatic heterocycles. The number of hydrogen-bond acceptors (Lipinski definition) is 9. The lowest BCUT2D eigenvalue weighted by Crippen LogP contribution is -2.69. The summed E-state index contributed by atoms with van der Waals surface area (Å²) >= 11 is 0. The van der Waals surface area contributed by atoms with Gasteiger partial charge in [0.1, 0.15) is 11.8 Å². The zero-order valence-electron chi connectivity index (χ0n) is 24.7. The molecule has 4 aliphatic rings. The topological polar surface area (TPSA) is 146 Å². The Balaban J connectivity index is 1.33. The molecule has 10 nitrogen and oxygen atoms in total. The summed E-state index contributed by atoms with van der Waals surface area (Å²) in [4.78, 5) is 38.2. The van der Waals surface area contributed by atoms with E-state index in [1.807, 2.05) is 19.9 Å². The number of aliphatic hydroxyl groups is 1. The van der Waals surface area contributed by atoms with E-state index in [1.54, 1.807) is 13.2 Å². The van der Waals surface area contributed by atoms with Crippen molar-refractivity contribution in [2.45, 2.75) is 102 Å². The van der Waals surface area contributed by atoms with Crippen LogP contribution in [0.3, 0.4) is 0 Å². The molecular formula is C31H42N2O8. The second-order valence-electron chi connectivity index (χ2n) is 12.6. The highest BCUT2D eigenvalue weighted by molar-refractivity contribution is 5.88. The molecule has 1 heterocycles. The lowest BCUT2D eigenvalue weighted by Gasteiger charge is -2.61. The van der Waals surface area contributed by atoms with Gasteiger partial charge in [0, 0.05) is 5.56 Å². The lowest BCUT2D eigenvalue weighted by molar-refractivity contribution is -0.176. The van der Waals surface area contributed by atoms with E-state index in [0.29, 0.717) is 42.4 Å². The van der Waals surface area contributed by atoms with E-state index in [-0.39, 0.29) is 11.8 Å². The number of nitrogens with two attached hydrogens (primary N) is 1. The molecule has 8 atom stereocenters. The lowest BCUT2D eigenvalue weighted by atomic mass is 9.45. The van der Waals surface area contributed by atoms with Crippen LogP contribution in [0.2, 0.25) is 0 Å². The maximum Gasteiger partial charge on any atom is 0.352 e. The second kappa shape index (κ2) is 10.6. The van der Waals surface area contributed by atoms with Crippen LogP contribution < -0.4 is 20.5 Å². The molecule has 1 saturated carbocycles. The number of nitrogens with one attached hydrogen (secondary N) is 1. The van der Waals surface area contributed by atoms with Gasteiger partial charge in [0.25, 0.3) is 0 Å². The monoisotopic (exact) mass is 570 g/mol. The average molecular weight is 571 g/mol. The molecule has 2 bridgehead atoms. The fourth-order valence-corrected chi connectivity index (χ4v) is 7.48. The zero-order valence-corrected chi connectivity index (χ0v) is 24.7. The van der Waals surface area contributed by atoms with Crippen LogP contribution in [0.4, 0.5) is 0 Å². The van der Waals surface area contributed by atoms with Crippen LogP contribution >= 0.6 is 0 Å². The van der Waals surface area contributed by atoms with E-state index < -0.39 is 53.2 Å². The Morgan fingerprint density at radius 1 is 1.20 bits per heavy atom. The van der Waals surface area contributed by atoms with Gasteiger partial charge in [0.15, 0.2) is 23.7 Å².